The molecule has 0 aliphatic heterocycles. The molecule has 1 saturated carbocycles. The molecule has 1 aliphatic carbocycles. The van der Waals surface area contributed by atoms with Gasteiger partial charge in [0.05, 0.1) is 23.9 Å². The van der Waals surface area contributed by atoms with E-state index in [1.165, 1.54) is 13.2 Å². The van der Waals surface area contributed by atoms with Gasteiger partial charge in [0.1, 0.15) is 5.82 Å². The van der Waals surface area contributed by atoms with Crippen LogP contribution in [0.25, 0.3) is 0 Å². The van der Waals surface area contributed by atoms with E-state index in [1.54, 1.807) is 0 Å². The quantitative estimate of drug-likeness (QED) is 0.787. The zero-order valence-corrected chi connectivity index (χ0v) is 9.83. The predicted octanol–water partition coefficient (Wildman–Crippen LogP) is 1.04. The molecule has 1 aromatic carbocycles. The molecule has 1 fully saturated rings. The molecular formula is C12H13FN2O3. The van der Waals surface area contributed by atoms with E-state index < -0.39 is 23.2 Å². The fourth-order valence-corrected chi connectivity index (χ4v) is 1.52. The maximum Gasteiger partial charge on any atom is 0.339 e. The SMILES string of the molecule is COC(=O)c1ccc(F)cc1NC(=O)C1(N)CC1. The number of nitrogens with one attached hydrogen (secondary N) is 1. The van der Waals surface area contributed by atoms with Crippen molar-refractivity contribution in [2.75, 3.05) is 12.4 Å². The number of rotatable bonds is 3. The molecule has 0 unspecified atom stereocenters. The Labute approximate surface area is 103 Å². The lowest BCUT2D eigenvalue weighted by molar-refractivity contribution is -0.118. The minimum atomic E-state index is -0.889. The van der Waals surface area contributed by atoms with Crippen LogP contribution >= 0.6 is 0 Å². The zero-order valence-electron chi connectivity index (χ0n) is 9.83. The number of methoxy groups -OCH3 is 1. The molecule has 0 radical (unpaired) electrons. The normalized spacial score (nSPS) is 15.9. The van der Waals surface area contributed by atoms with Gasteiger partial charge in [0.15, 0.2) is 0 Å². The van der Waals surface area contributed by atoms with Crippen molar-refractivity contribution in [2.24, 2.45) is 5.73 Å². The molecule has 18 heavy (non-hydrogen) atoms. The van der Waals surface area contributed by atoms with E-state index in [1.807, 2.05) is 0 Å². The first-order valence-electron chi connectivity index (χ1n) is 5.44. The van der Waals surface area contributed by atoms with Gasteiger partial charge in [-0.1, -0.05) is 0 Å². The van der Waals surface area contributed by atoms with E-state index in [2.05, 4.69) is 10.1 Å². The summed E-state index contributed by atoms with van der Waals surface area (Å²) < 4.78 is 17.7. The number of ether oxygens (including phenoxy) is 1. The topological polar surface area (TPSA) is 81.4 Å². The molecule has 0 bridgehead atoms. The van der Waals surface area contributed by atoms with Crippen LogP contribution in [0.1, 0.15) is 23.2 Å². The van der Waals surface area contributed by atoms with E-state index in [0.29, 0.717) is 12.8 Å². The molecule has 6 heteroatoms. The van der Waals surface area contributed by atoms with Crippen molar-refractivity contribution in [1.82, 2.24) is 0 Å². The van der Waals surface area contributed by atoms with E-state index in [-0.39, 0.29) is 11.3 Å². The monoisotopic (exact) mass is 252 g/mol. The fraction of sp³-hybridized carbons (Fsp3) is 0.333. The Balaban J connectivity index is 2.27. The van der Waals surface area contributed by atoms with Crippen LogP contribution in [0, 0.1) is 5.82 Å². The Morgan fingerprint density at radius 1 is 1.44 bits per heavy atom. The van der Waals surface area contributed by atoms with Gasteiger partial charge in [0.25, 0.3) is 0 Å². The summed E-state index contributed by atoms with van der Waals surface area (Å²) in [7, 11) is 1.21. The third kappa shape index (κ3) is 2.33. The van der Waals surface area contributed by atoms with Gasteiger partial charge in [-0.05, 0) is 31.0 Å². The van der Waals surface area contributed by atoms with Crippen LogP contribution in [0.3, 0.4) is 0 Å². The zero-order chi connectivity index (χ0) is 13.3. The van der Waals surface area contributed by atoms with Crippen LogP contribution in [-0.2, 0) is 9.53 Å². The molecule has 0 aromatic heterocycles. The van der Waals surface area contributed by atoms with Crippen molar-refractivity contribution in [2.45, 2.75) is 18.4 Å². The van der Waals surface area contributed by atoms with Gasteiger partial charge in [-0.25, -0.2) is 9.18 Å². The maximum atomic E-state index is 13.1. The van der Waals surface area contributed by atoms with Crippen molar-refractivity contribution in [3.63, 3.8) is 0 Å². The molecule has 2 rings (SSSR count). The molecule has 0 spiro atoms. The van der Waals surface area contributed by atoms with Crippen molar-refractivity contribution in [3.8, 4) is 0 Å². The van der Waals surface area contributed by atoms with Crippen molar-refractivity contribution in [3.05, 3.63) is 29.6 Å². The van der Waals surface area contributed by atoms with Crippen molar-refractivity contribution < 1.29 is 18.7 Å². The second kappa shape index (κ2) is 4.38. The van der Waals surface area contributed by atoms with Crippen molar-refractivity contribution in [1.29, 1.82) is 0 Å². The molecule has 5 nitrogen and oxygen atoms in total. The maximum absolute atomic E-state index is 13.1. The van der Waals surface area contributed by atoms with Gasteiger partial charge in [0, 0.05) is 0 Å². The van der Waals surface area contributed by atoms with Crippen LogP contribution in [0.4, 0.5) is 10.1 Å². The molecule has 0 heterocycles. The van der Waals surface area contributed by atoms with Crippen LogP contribution in [0.2, 0.25) is 0 Å². The van der Waals surface area contributed by atoms with E-state index in [0.717, 1.165) is 12.1 Å². The molecule has 1 aliphatic rings. The highest BCUT2D eigenvalue weighted by atomic mass is 19.1. The Morgan fingerprint density at radius 2 is 2.11 bits per heavy atom. The summed E-state index contributed by atoms with van der Waals surface area (Å²) in [6.45, 7) is 0. The van der Waals surface area contributed by atoms with Gasteiger partial charge < -0.3 is 15.8 Å². The molecule has 0 atom stereocenters. The highest BCUT2D eigenvalue weighted by Gasteiger charge is 2.46. The molecule has 1 aromatic rings. The second-order valence-electron chi connectivity index (χ2n) is 4.29. The summed E-state index contributed by atoms with van der Waals surface area (Å²) in [5, 5.41) is 2.46. The standard InChI is InChI=1S/C12H13FN2O3/c1-18-10(16)8-3-2-7(13)6-9(8)15-11(17)12(14)4-5-12/h2-3,6H,4-5,14H2,1H3,(H,15,17). The first kappa shape index (κ1) is 12.5. The lowest BCUT2D eigenvalue weighted by atomic mass is 10.1. The Kier molecular flexibility index (Phi) is 3.04. The van der Waals surface area contributed by atoms with Crippen LogP contribution in [0.15, 0.2) is 18.2 Å². The smallest absolute Gasteiger partial charge is 0.339 e. The summed E-state index contributed by atoms with van der Waals surface area (Å²) in [5.74, 6) is -1.62. The number of hydrogen-bond acceptors (Lipinski definition) is 4. The van der Waals surface area contributed by atoms with Gasteiger partial charge in [-0.15, -0.1) is 0 Å². The number of hydrogen-bond donors (Lipinski definition) is 2. The Bertz CT molecular complexity index is 512. The lowest BCUT2D eigenvalue weighted by Crippen LogP contribution is -2.38. The van der Waals surface area contributed by atoms with Crippen LogP contribution in [0.5, 0.6) is 0 Å². The number of anilines is 1. The highest BCUT2D eigenvalue weighted by molar-refractivity contribution is 6.05. The van der Waals surface area contributed by atoms with E-state index in [4.69, 9.17) is 5.73 Å². The number of esters is 1. The Hall–Kier alpha value is -1.95. The van der Waals surface area contributed by atoms with Gasteiger partial charge in [-0.2, -0.15) is 0 Å². The number of carbonyl (C=O) groups excluding carboxylic acids is 2. The molecular weight excluding hydrogens is 239 g/mol. The molecule has 96 valence electrons. The molecule has 3 N–H and O–H groups in total. The third-order valence-corrected chi connectivity index (χ3v) is 2.88. The third-order valence-electron chi connectivity index (χ3n) is 2.88. The minimum Gasteiger partial charge on any atom is -0.465 e. The molecule has 0 saturated heterocycles. The van der Waals surface area contributed by atoms with Crippen LogP contribution in [-0.4, -0.2) is 24.5 Å². The summed E-state index contributed by atoms with van der Waals surface area (Å²) in [6, 6.07) is 3.44. The Morgan fingerprint density at radius 3 is 2.67 bits per heavy atom. The number of halogens is 1. The highest BCUT2D eigenvalue weighted by Crippen LogP contribution is 2.33. The number of nitrogens with two attached hydrogens (primary N) is 1. The average molecular weight is 252 g/mol. The summed E-state index contributed by atoms with van der Waals surface area (Å²) in [6.07, 6.45) is 1.17. The lowest BCUT2D eigenvalue weighted by Gasteiger charge is -2.13. The minimum absolute atomic E-state index is 0.0728. The predicted molar refractivity (Wildman–Crippen MR) is 62.5 cm³/mol. The average Bonchev–Trinajstić information content (AvgIpc) is 3.08. The number of benzene rings is 1. The first-order chi connectivity index (χ1) is 8.46. The van der Waals surface area contributed by atoms with Gasteiger partial charge >= 0.3 is 5.97 Å². The van der Waals surface area contributed by atoms with E-state index >= 15 is 0 Å². The van der Waals surface area contributed by atoms with Gasteiger partial charge in [0.2, 0.25) is 5.91 Å². The fourth-order valence-electron chi connectivity index (χ4n) is 1.52. The first-order valence-corrected chi connectivity index (χ1v) is 5.44. The largest absolute Gasteiger partial charge is 0.465 e. The molecule has 1 amide bonds. The summed E-state index contributed by atoms with van der Waals surface area (Å²) in [5.41, 5.74) is 4.99. The number of amides is 1. The van der Waals surface area contributed by atoms with Gasteiger partial charge in [-0.3, -0.25) is 4.79 Å². The number of carbonyl (C=O) groups is 2. The van der Waals surface area contributed by atoms with E-state index in [9.17, 15) is 14.0 Å². The second-order valence-corrected chi connectivity index (χ2v) is 4.29. The summed E-state index contributed by atoms with van der Waals surface area (Å²) >= 11 is 0. The van der Waals surface area contributed by atoms with Crippen molar-refractivity contribution >= 4 is 17.6 Å². The van der Waals surface area contributed by atoms with Crippen LogP contribution < -0.4 is 11.1 Å². The summed E-state index contributed by atoms with van der Waals surface area (Å²) in [4.78, 5) is 23.2.